The highest BCUT2D eigenvalue weighted by Gasteiger charge is 2.13. The number of H-pyrrole nitrogens is 1. The summed E-state index contributed by atoms with van der Waals surface area (Å²) in [7, 11) is 0. The van der Waals surface area contributed by atoms with Crippen molar-refractivity contribution in [1.82, 2.24) is 10.2 Å². The molecule has 1 amide bonds. The van der Waals surface area contributed by atoms with Crippen LogP contribution in [0, 0.1) is 0 Å². The summed E-state index contributed by atoms with van der Waals surface area (Å²) in [6.45, 7) is 0. The number of para-hydroxylation sites is 1. The zero-order chi connectivity index (χ0) is 15.5. The third-order valence-corrected chi connectivity index (χ3v) is 3.25. The van der Waals surface area contributed by atoms with Gasteiger partial charge in [0.2, 0.25) is 0 Å². The summed E-state index contributed by atoms with van der Waals surface area (Å²) in [4.78, 5) is 22.9. The number of hydrogen-bond donors (Lipinski definition) is 3. The van der Waals surface area contributed by atoms with Crippen LogP contribution in [0.2, 0.25) is 0 Å². The average Bonchev–Trinajstić information content (AvgIpc) is 2.93. The van der Waals surface area contributed by atoms with Crippen LogP contribution in [-0.4, -0.2) is 27.2 Å². The number of benzene rings is 2. The summed E-state index contributed by atoms with van der Waals surface area (Å²) in [6, 6.07) is 14.1. The van der Waals surface area contributed by atoms with Crippen LogP contribution >= 0.6 is 0 Å². The quantitative estimate of drug-likeness (QED) is 0.689. The van der Waals surface area contributed by atoms with Crippen molar-refractivity contribution in [3.05, 3.63) is 59.8 Å². The zero-order valence-corrected chi connectivity index (χ0v) is 11.5. The lowest BCUT2D eigenvalue weighted by Gasteiger charge is -2.04. The van der Waals surface area contributed by atoms with E-state index in [1.807, 2.05) is 24.3 Å². The van der Waals surface area contributed by atoms with E-state index in [2.05, 4.69) is 15.5 Å². The molecule has 6 nitrogen and oxygen atoms in total. The minimum absolute atomic E-state index is 0.0434. The summed E-state index contributed by atoms with van der Waals surface area (Å²) in [5, 5.41) is 19.1. The van der Waals surface area contributed by atoms with Crippen molar-refractivity contribution in [2.24, 2.45) is 0 Å². The van der Waals surface area contributed by atoms with Crippen molar-refractivity contribution >= 4 is 28.5 Å². The molecule has 0 aliphatic rings. The third kappa shape index (κ3) is 2.80. The second kappa shape index (κ2) is 5.69. The van der Waals surface area contributed by atoms with Gasteiger partial charge in [0.05, 0.1) is 11.9 Å². The number of aromatic nitrogens is 2. The van der Waals surface area contributed by atoms with Gasteiger partial charge < -0.3 is 10.4 Å². The highest BCUT2D eigenvalue weighted by atomic mass is 16.4. The van der Waals surface area contributed by atoms with Crippen molar-refractivity contribution < 1.29 is 14.7 Å². The number of carboxylic acid groups (broad SMARTS) is 1. The summed E-state index contributed by atoms with van der Waals surface area (Å²) < 4.78 is 0. The number of amides is 1. The molecule has 0 unspecified atom stereocenters. The van der Waals surface area contributed by atoms with E-state index in [-0.39, 0.29) is 12.3 Å². The molecule has 0 aliphatic carbocycles. The number of carbonyl (C=O) groups is 2. The summed E-state index contributed by atoms with van der Waals surface area (Å²) in [6.07, 6.45) is -0.0434. The van der Waals surface area contributed by atoms with Gasteiger partial charge in [-0.15, -0.1) is 0 Å². The first-order chi connectivity index (χ1) is 10.6. The van der Waals surface area contributed by atoms with Crippen LogP contribution in [-0.2, 0) is 11.2 Å². The number of carbonyl (C=O) groups excluding carboxylic acids is 1. The number of hydrogen-bond acceptors (Lipinski definition) is 3. The molecule has 0 radical (unpaired) electrons. The first-order valence-corrected chi connectivity index (χ1v) is 6.68. The topological polar surface area (TPSA) is 95.1 Å². The van der Waals surface area contributed by atoms with E-state index in [1.165, 1.54) is 0 Å². The molecule has 1 aromatic heterocycles. The molecule has 3 rings (SSSR count). The van der Waals surface area contributed by atoms with E-state index in [0.29, 0.717) is 16.9 Å². The molecule has 6 heteroatoms. The Bertz CT molecular complexity index is 837. The molecule has 3 aromatic rings. The van der Waals surface area contributed by atoms with Gasteiger partial charge in [0.25, 0.3) is 5.91 Å². The Kier molecular flexibility index (Phi) is 3.57. The second-order valence-corrected chi connectivity index (χ2v) is 4.84. The van der Waals surface area contributed by atoms with Crippen molar-refractivity contribution in [2.45, 2.75) is 6.42 Å². The van der Waals surface area contributed by atoms with E-state index in [0.717, 1.165) is 10.9 Å². The predicted molar refractivity (Wildman–Crippen MR) is 81.8 cm³/mol. The average molecular weight is 295 g/mol. The van der Waals surface area contributed by atoms with Crippen molar-refractivity contribution in [1.29, 1.82) is 0 Å². The Morgan fingerprint density at radius 1 is 1.09 bits per heavy atom. The first-order valence-electron chi connectivity index (χ1n) is 6.68. The van der Waals surface area contributed by atoms with E-state index in [1.54, 1.807) is 24.3 Å². The highest BCUT2D eigenvalue weighted by molar-refractivity contribution is 6.11. The Hall–Kier alpha value is -3.15. The molecule has 2 aromatic carbocycles. The molecule has 110 valence electrons. The molecule has 0 aliphatic heterocycles. The summed E-state index contributed by atoms with van der Waals surface area (Å²) >= 11 is 0. The van der Waals surface area contributed by atoms with Gasteiger partial charge in [0, 0.05) is 11.1 Å². The lowest BCUT2D eigenvalue weighted by atomic mass is 10.1. The van der Waals surface area contributed by atoms with Gasteiger partial charge >= 0.3 is 5.97 Å². The number of carboxylic acids is 1. The van der Waals surface area contributed by atoms with Crippen LogP contribution < -0.4 is 5.32 Å². The van der Waals surface area contributed by atoms with Gasteiger partial charge in [0.15, 0.2) is 5.69 Å². The standard InChI is InChI=1S/C16H13N3O3/c20-14(21)9-10-5-7-11(8-6-10)17-16(22)15-12-3-1-2-4-13(12)18-19-15/h1-8H,9H2,(H,17,22)(H,18,19)(H,20,21). The Morgan fingerprint density at radius 2 is 1.82 bits per heavy atom. The van der Waals surface area contributed by atoms with Crippen LogP contribution in [0.5, 0.6) is 0 Å². The minimum atomic E-state index is -0.889. The predicted octanol–water partition coefficient (Wildman–Crippen LogP) is 2.44. The van der Waals surface area contributed by atoms with Crippen LogP contribution in [0.1, 0.15) is 16.1 Å². The van der Waals surface area contributed by atoms with Crippen molar-refractivity contribution in [3.8, 4) is 0 Å². The maximum atomic E-state index is 12.3. The van der Waals surface area contributed by atoms with Gasteiger partial charge in [-0.2, -0.15) is 5.10 Å². The summed E-state index contributed by atoms with van der Waals surface area (Å²) in [5.41, 5.74) is 2.39. The number of fused-ring (bicyclic) bond motifs is 1. The van der Waals surface area contributed by atoms with Crippen LogP contribution in [0.4, 0.5) is 5.69 Å². The van der Waals surface area contributed by atoms with Gasteiger partial charge in [-0.25, -0.2) is 0 Å². The highest BCUT2D eigenvalue weighted by Crippen LogP contribution is 2.17. The van der Waals surface area contributed by atoms with E-state index in [4.69, 9.17) is 5.11 Å². The molecular weight excluding hydrogens is 282 g/mol. The largest absolute Gasteiger partial charge is 0.481 e. The normalized spacial score (nSPS) is 10.5. The van der Waals surface area contributed by atoms with Crippen molar-refractivity contribution in [2.75, 3.05) is 5.32 Å². The van der Waals surface area contributed by atoms with Crippen molar-refractivity contribution in [3.63, 3.8) is 0 Å². The monoisotopic (exact) mass is 295 g/mol. The molecule has 0 spiro atoms. The van der Waals surface area contributed by atoms with Crippen LogP contribution in [0.25, 0.3) is 10.9 Å². The number of anilines is 1. The van der Waals surface area contributed by atoms with Crippen LogP contribution in [0.15, 0.2) is 48.5 Å². The van der Waals surface area contributed by atoms with Crippen LogP contribution in [0.3, 0.4) is 0 Å². The molecule has 0 bridgehead atoms. The van der Waals surface area contributed by atoms with E-state index >= 15 is 0 Å². The fourth-order valence-electron chi connectivity index (χ4n) is 2.21. The Balaban J connectivity index is 1.78. The smallest absolute Gasteiger partial charge is 0.307 e. The second-order valence-electron chi connectivity index (χ2n) is 4.84. The molecule has 0 saturated heterocycles. The molecule has 0 fully saturated rings. The maximum Gasteiger partial charge on any atom is 0.307 e. The molecule has 0 atom stereocenters. The van der Waals surface area contributed by atoms with Gasteiger partial charge in [0.1, 0.15) is 0 Å². The first kappa shape index (κ1) is 13.8. The molecule has 22 heavy (non-hydrogen) atoms. The van der Waals surface area contributed by atoms with Gasteiger partial charge in [-0.05, 0) is 23.8 Å². The number of nitrogens with zero attached hydrogens (tertiary/aromatic N) is 1. The third-order valence-electron chi connectivity index (χ3n) is 3.25. The maximum absolute atomic E-state index is 12.3. The lowest BCUT2D eigenvalue weighted by Crippen LogP contribution is -2.12. The molecular formula is C16H13N3O3. The Labute approximate surface area is 125 Å². The molecule has 0 saturated carbocycles. The number of aromatic amines is 1. The Morgan fingerprint density at radius 3 is 2.55 bits per heavy atom. The fraction of sp³-hybridized carbons (Fsp3) is 0.0625. The van der Waals surface area contributed by atoms with Gasteiger partial charge in [-0.3, -0.25) is 14.7 Å². The molecule has 3 N–H and O–H groups in total. The number of aliphatic carboxylic acids is 1. The summed E-state index contributed by atoms with van der Waals surface area (Å²) in [5.74, 6) is -1.21. The number of nitrogens with one attached hydrogen (secondary N) is 2. The van der Waals surface area contributed by atoms with Gasteiger partial charge in [-0.1, -0.05) is 30.3 Å². The van der Waals surface area contributed by atoms with E-state index < -0.39 is 5.97 Å². The lowest BCUT2D eigenvalue weighted by molar-refractivity contribution is -0.136. The molecule has 1 heterocycles. The van der Waals surface area contributed by atoms with E-state index in [9.17, 15) is 9.59 Å². The zero-order valence-electron chi connectivity index (χ0n) is 11.5. The SMILES string of the molecule is O=C(O)Cc1ccc(NC(=O)c2n[nH]c3ccccc23)cc1. The number of rotatable bonds is 4. The fourth-order valence-corrected chi connectivity index (χ4v) is 2.21. The minimum Gasteiger partial charge on any atom is -0.481 e.